The number of ether oxygens (including phenoxy) is 1. The van der Waals surface area contributed by atoms with Gasteiger partial charge in [-0.1, -0.05) is 0 Å². The molecule has 0 aromatic rings. The summed E-state index contributed by atoms with van der Waals surface area (Å²) in [5, 5.41) is 8.72. The molecule has 0 spiro atoms. The van der Waals surface area contributed by atoms with Gasteiger partial charge < -0.3 is 14.7 Å². The van der Waals surface area contributed by atoms with Crippen molar-refractivity contribution in [2.24, 2.45) is 5.92 Å². The van der Waals surface area contributed by atoms with Crippen LogP contribution in [0.5, 0.6) is 0 Å². The van der Waals surface area contributed by atoms with Crippen LogP contribution in [0.3, 0.4) is 0 Å². The zero-order chi connectivity index (χ0) is 14.5. The van der Waals surface area contributed by atoms with E-state index in [1.54, 1.807) is 0 Å². The number of aliphatic carboxylic acids is 1. The molecule has 6 nitrogen and oxygen atoms in total. The van der Waals surface area contributed by atoms with E-state index in [0.717, 1.165) is 19.5 Å². The van der Waals surface area contributed by atoms with Crippen molar-refractivity contribution in [1.29, 1.82) is 0 Å². The maximum atomic E-state index is 12.4. The van der Waals surface area contributed by atoms with Crippen LogP contribution in [0.1, 0.15) is 26.2 Å². The van der Waals surface area contributed by atoms with Gasteiger partial charge in [-0.2, -0.15) is 0 Å². The lowest BCUT2D eigenvalue weighted by atomic mass is 10.0. The topological polar surface area (TPSA) is 70.1 Å². The molecule has 0 bridgehead atoms. The van der Waals surface area contributed by atoms with E-state index in [9.17, 15) is 9.59 Å². The molecule has 20 heavy (non-hydrogen) atoms. The Morgan fingerprint density at radius 2 is 2.00 bits per heavy atom. The Balaban J connectivity index is 1.79. The summed E-state index contributed by atoms with van der Waals surface area (Å²) in [5.74, 6) is -0.154. The molecule has 114 valence electrons. The molecule has 1 amide bonds. The van der Waals surface area contributed by atoms with E-state index < -0.39 is 5.97 Å². The van der Waals surface area contributed by atoms with E-state index in [1.807, 2.05) is 11.8 Å². The molecule has 2 atom stereocenters. The normalized spacial score (nSPS) is 25.6. The maximum Gasteiger partial charge on any atom is 0.303 e. The van der Waals surface area contributed by atoms with Crippen molar-refractivity contribution in [3.05, 3.63) is 0 Å². The van der Waals surface area contributed by atoms with Crippen LogP contribution in [0.25, 0.3) is 0 Å². The lowest BCUT2D eigenvalue weighted by Crippen LogP contribution is -2.50. The maximum absolute atomic E-state index is 12.4. The van der Waals surface area contributed by atoms with Crippen molar-refractivity contribution in [2.45, 2.75) is 32.2 Å². The molecule has 2 heterocycles. The summed E-state index contributed by atoms with van der Waals surface area (Å²) in [6.07, 6.45) is 1.93. The van der Waals surface area contributed by atoms with Gasteiger partial charge in [-0.05, 0) is 32.2 Å². The first-order chi connectivity index (χ1) is 9.58. The average molecular weight is 284 g/mol. The third-order valence-electron chi connectivity index (χ3n) is 4.31. The third kappa shape index (κ3) is 3.93. The van der Waals surface area contributed by atoms with Gasteiger partial charge in [0.2, 0.25) is 5.91 Å². The van der Waals surface area contributed by atoms with E-state index in [0.29, 0.717) is 38.6 Å². The van der Waals surface area contributed by atoms with E-state index in [4.69, 9.17) is 9.84 Å². The Kier molecular flexibility index (Phi) is 5.37. The predicted molar refractivity (Wildman–Crippen MR) is 73.4 cm³/mol. The van der Waals surface area contributed by atoms with Gasteiger partial charge in [-0.15, -0.1) is 0 Å². The standard InChI is InChI=1S/C14H24N2O4/c1-11(14(19)15-6-8-20-9-7-15)16-5-4-12(10-16)2-3-13(17)18/h11-12H,2-10H2,1H3,(H,17,18). The van der Waals surface area contributed by atoms with Crippen molar-refractivity contribution in [2.75, 3.05) is 39.4 Å². The van der Waals surface area contributed by atoms with E-state index >= 15 is 0 Å². The van der Waals surface area contributed by atoms with Gasteiger partial charge in [0, 0.05) is 26.1 Å². The number of carbonyl (C=O) groups is 2. The van der Waals surface area contributed by atoms with Gasteiger partial charge in [0.25, 0.3) is 0 Å². The van der Waals surface area contributed by atoms with Crippen molar-refractivity contribution < 1.29 is 19.4 Å². The minimum Gasteiger partial charge on any atom is -0.481 e. The zero-order valence-corrected chi connectivity index (χ0v) is 12.1. The molecule has 2 unspecified atom stereocenters. The summed E-state index contributed by atoms with van der Waals surface area (Å²) in [7, 11) is 0. The fourth-order valence-corrected chi connectivity index (χ4v) is 2.98. The molecular formula is C14H24N2O4. The Hall–Kier alpha value is -1.14. The first-order valence-corrected chi connectivity index (χ1v) is 7.40. The fourth-order valence-electron chi connectivity index (χ4n) is 2.98. The molecular weight excluding hydrogens is 260 g/mol. The van der Waals surface area contributed by atoms with Crippen molar-refractivity contribution in [1.82, 2.24) is 9.80 Å². The van der Waals surface area contributed by atoms with Gasteiger partial charge in [0.05, 0.1) is 19.3 Å². The Bertz CT molecular complexity index is 355. The largest absolute Gasteiger partial charge is 0.481 e. The van der Waals surface area contributed by atoms with Crippen LogP contribution in [-0.4, -0.2) is 72.2 Å². The molecule has 2 aliphatic rings. The fraction of sp³-hybridized carbons (Fsp3) is 0.857. The van der Waals surface area contributed by atoms with Crippen LogP contribution in [-0.2, 0) is 14.3 Å². The zero-order valence-electron chi connectivity index (χ0n) is 12.1. The second-order valence-corrected chi connectivity index (χ2v) is 5.70. The van der Waals surface area contributed by atoms with Gasteiger partial charge >= 0.3 is 5.97 Å². The SMILES string of the molecule is CC(C(=O)N1CCOCC1)N1CCC(CCC(=O)O)C1. The molecule has 6 heteroatoms. The highest BCUT2D eigenvalue weighted by Gasteiger charge is 2.32. The number of carboxylic acids is 1. The highest BCUT2D eigenvalue weighted by molar-refractivity contribution is 5.81. The van der Waals surface area contributed by atoms with Gasteiger partial charge in [-0.3, -0.25) is 14.5 Å². The summed E-state index contributed by atoms with van der Waals surface area (Å²) in [5.41, 5.74) is 0. The smallest absolute Gasteiger partial charge is 0.303 e. The minimum absolute atomic E-state index is 0.108. The molecule has 0 aromatic carbocycles. The Morgan fingerprint density at radius 3 is 2.65 bits per heavy atom. The van der Waals surface area contributed by atoms with Crippen LogP contribution < -0.4 is 0 Å². The van der Waals surface area contributed by atoms with E-state index in [2.05, 4.69) is 4.90 Å². The van der Waals surface area contributed by atoms with Crippen molar-refractivity contribution in [3.8, 4) is 0 Å². The molecule has 0 saturated carbocycles. The molecule has 1 N–H and O–H groups in total. The van der Waals surface area contributed by atoms with Crippen molar-refractivity contribution >= 4 is 11.9 Å². The van der Waals surface area contributed by atoms with Crippen LogP contribution >= 0.6 is 0 Å². The van der Waals surface area contributed by atoms with Gasteiger partial charge in [0.15, 0.2) is 0 Å². The summed E-state index contributed by atoms with van der Waals surface area (Å²) in [6, 6.07) is -0.108. The number of carboxylic acid groups (broad SMARTS) is 1. The molecule has 0 aliphatic carbocycles. The lowest BCUT2D eigenvalue weighted by Gasteiger charge is -2.32. The van der Waals surface area contributed by atoms with Crippen LogP contribution in [0.15, 0.2) is 0 Å². The number of nitrogens with zero attached hydrogens (tertiary/aromatic N) is 2. The number of amides is 1. The van der Waals surface area contributed by atoms with Gasteiger partial charge in [-0.25, -0.2) is 0 Å². The highest BCUT2D eigenvalue weighted by atomic mass is 16.5. The molecule has 2 saturated heterocycles. The second kappa shape index (κ2) is 7.04. The minimum atomic E-state index is -0.735. The third-order valence-corrected chi connectivity index (χ3v) is 4.31. The van der Waals surface area contributed by atoms with Crippen LogP contribution in [0.4, 0.5) is 0 Å². The molecule has 2 rings (SSSR count). The van der Waals surface area contributed by atoms with Crippen LogP contribution in [0.2, 0.25) is 0 Å². The van der Waals surface area contributed by atoms with E-state index in [1.165, 1.54) is 0 Å². The molecule has 2 fully saturated rings. The van der Waals surface area contributed by atoms with Crippen molar-refractivity contribution in [3.63, 3.8) is 0 Å². The average Bonchev–Trinajstić information content (AvgIpc) is 2.93. The van der Waals surface area contributed by atoms with Gasteiger partial charge in [0.1, 0.15) is 0 Å². The Labute approximate surface area is 119 Å². The number of rotatable bonds is 5. The summed E-state index contributed by atoms with van der Waals surface area (Å²) >= 11 is 0. The summed E-state index contributed by atoms with van der Waals surface area (Å²) < 4.78 is 5.26. The molecule has 0 aromatic heterocycles. The Morgan fingerprint density at radius 1 is 1.30 bits per heavy atom. The number of hydrogen-bond acceptors (Lipinski definition) is 4. The second-order valence-electron chi connectivity index (χ2n) is 5.70. The highest BCUT2D eigenvalue weighted by Crippen LogP contribution is 2.23. The number of morpholine rings is 1. The summed E-state index contributed by atoms with van der Waals surface area (Å²) in [6.45, 7) is 6.29. The predicted octanol–water partition coefficient (Wildman–Crippen LogP) is 0.420. The van der Waals surface area contributed by atoms with Crippen LogP contribution in [0, 0.1) is 5.92 Å². The summed E-state index contributed by atoms with van der Waals surface area (Å²) in [4.78, 5) is 27.1. The monoisotopic (exact) mass is 284 g/mol. The number of hydrogen-bond donors (Lipinski definition) is 1. The number of carbonyl (C=O) groups excluding carboxylic acids is 1. The molecule has 2 aliphatic heterocycles. The first kappa shape index (κ1) is 15.3. The number of likely N-dealkylation sites (tertiary alicyclic amines) is 1. The molecule has 0 radical (unpaired) electrons. The lowest BCUT2D eigenvalue weighted by molar-refractivity contribution is -0.140. The first-order valence-electron chi connectivity index (χ1n) is 7.40. The van der Waals surface area contributed by atoms with E-state index in [-0.39, 0.29) is 18.4 Å². The quantitative estimate of drug-likeness (QED) is 0.792.